The highest BCUT2D eigenvalue weighted by Crippen LogP contribution is 2.30. The fourth-order valence-corrected chi connectivity index (χ4v) is 2.32. The predicted octanol–water partition coefficient (Wildman–Crippen LogP) is 0.510. The van der Waals surface area contributed by atoms with Crippen LogP contribution in [0.5, 0.6) is 0 Å². The van der Waals surface area contributed by atoms with Gasteiger partial charge in [0.05, 0.1) is 0 Å². The second-order valence-electron chi connectivity index (χ2n) is 5.15. The Hall–Kier alpha value is -2.74. The summed E-state index contributed by atoms with van der Waals surface area (Å²) in [6, 6.07) is 7.96. The highest BCUT2D eigenvalue weighted by Gasteiger charge is 2.50. The lowest BCUT2D eigenvalue weighted by Gasteiger charge is -2.33. The van der Waals surface area contributed by atoms with Crippen LogP contribution in [0.3, 0.4) is 0 Å². The van der Waals surface area contributed by atoms with E-state index in [2.05, 4.69) is 10.6 Å². The van der Waals surface area contributed by atoms with Crippen molar-refractivity contribution >= 4 is 23.8 Å². The average molecular weight is 335 g/mol. The number of rotatable bonds is 5. The van der Waals surface area contributed by atoms with E-state index in [0.29, 0.717) is 24.9 Å². The minimum absolute atomic E-state index is 0.191. The Balaban J connectivity index is 0.000000351. The summed E-state index contributed by atoms with van der Waals surface area (Å²) in [5.74, 6) is -1.91. The average Bonchev–Trinajstić information content (AvgIpc) is 2.54. The molecule has 8 heteroatoms. The maximum absolute atomic E-state index is 12.0. The molecule has 2 rings (SSSR count). The molecule has 0 radical (unpaired) electrons. The number of nitrogens with two attached hydrogens (primary N) is 1. The van der Waals surface area contributed by atoms with E-state index in [4.69, 9.17) is 10.8 Å². The van der Waals surface area contributed by atoms with Gasteiger partial charge in [0.1, 0.15) is 0 Å². The molecule has 0 bridgehead atoms. The van der Waals surface area contributed by atoms with Gasteiger partial charge in [-0.15, -0.1) is 0 Å². The minimum Gasteiger partial charge on any atom is -0.481 e. The summed E-state index contributed by atoms with van der Waals surface area (Å²) >= 11 is 0. The summed E-state index contributed by atoms with van der Waals surface area (Å²) < 4.78 is 0. The Morgan fingerprint density at radius 3 is 2.04 bits per heavy atom. The van der Waals surface area contributed by atoms with Crippen LogP contribution in [0, 0.1) is 0 Å². The molecule has 1 aromatic rings. The molecule has 4 amide bonds. The van der Waals surface area contributed by atoms with E-state index in [9.17, 15) is 19.2 Å². The second-order valence-corrected chi connectivity index (χ2v) is 5.15. The molecule has 130 valence electrons. The van der Waals surface area contributed by atoms with E-state index in [1.54, 1.807) is 37.3 Å². The smallest absolute Gasteiger partial charge is 0.328 e. The van der Waals surface area contributed by atoms with Crippen LogP contribution in [-0.2, 0) is 19.8 Å². The maximum atomic E-state index is 12.0. The zero-order valence-electron chi connectivity index (χ0n) is 13.4. The van der Waals surface area contributed by atoms with Crippen molar-refractivity contribution in [2.24, 2.45) is 5.73 Å². The van der Waals surface area contributed by atoms with Crippen molar-refractivity contribution in [1.82, 2.24) is 10.6 Å². The number of hydrogen-bond acceptors (Lipinski definition) is 5. The molecule has 0 unspecified atom stereocenters. The van der Waals surface area contributed by atoms with Gasteiger partial charge in [-0.3, -0.25) is 25.0 Å². The number of carbonyl (C=O) groups excluding carboxylic acids is 3. The SMILES string of the molecule is CCC1(c2ccccc2)C(=O)NC(=O)NC1=O.NCCCC(=O)O. The predicted molar refractivity (Wildman–Crippen MR) is 86.0 cm³/mol. The molecule has 1 aliphatic rings. The van der Waals surface area contributed by atoms with Gasteiger partial charge in [0.2, 0.25) is 11.8 Å². The number of carboxylic acids is 1. The fraction of sp³-hybridized carbons (Fsp3) is 0.375. The maximum Gasteiger partial charge on any atom is 0.328 e. The zero-order chi connectivity index (χ0) is 18.2. The first-order valence-corrected chi connectivity index (χ1v) is 7.52. The normalized spacial score (nSPS) is 15.7. The summed E-state index contributed by atoms with van der Waals surface area (Å²) in [7, 11) is 0. The van der Waals surface area contributed by atoms with Gasteiger partial charge in [-0.2, -0.15) is 0 Å². The van der Waals surface area contributed by atoms with E-state index < -0.39 is 29.2 Å². The number of aliphatic carboxylic acids is 1. The molecule has 1 saturated heterocycles. The summed E-state index contributed by atoms with van der Waals surface area (Å²) in [6.07, 6.45) is 1.06. The molecule has 1 heterocycles. The van der Waals surface area contributed by atoms with Crippen molar-refractivity contribution in [3.8, 4) is 0 Å². The Morgan fingerprint density at radius 2 is 1.67 bits per heavy atom. The molecule has 1 aliphatic heterocycles. The zero-order valence-corrected chi connectivity index (χ0v) is 13.4. The van der Waals surface area contributed by atoms with Crippen molar-refractivity contribution in [2.75, 3.05) is 6.54 Å². The number of imide groups is 2. The lowest BCUT2D eigenvalue weighted by molar-refractivity contribution is -0.139. The van der Waals surface area contributed by atoms with Gasteiger partial charge in [0.25, 0.3) is 0 Å². The topological polar surface area (TPSA) is 139 Å². The standard InChI is InChI=1S/C12H12N2O3.C4H9NO2/c1-2-12(8-6-4-3-5-7-8)9(15)13-11(17)14-10(12)16;5-3-1-2-4(6)7/h3-7H,2H2,1H3,(H2,13,14,15,16,17);1-3,5H2,(H,6,7). The van der Waals surface area contributed by atoms with Crippen molar-refractivity contribution < 1.29 is 24.3 Å². The van der Waals surface area contributed by atoms with Gasteiger partial charge >= 0.3 is 12.0 Å². The van der Waals surface area contributed by atoms with Crippen LogP contribution < -0.4 is 16.4 Å². The van der Waals surface area contributed by atoms with Crippen LogP contribution in [-0.4, -0.2) is 35.5 Å². The van der Waals surface area contributed by atoms with Crippen LogP contribution in [0.1, 0.15) is 31.7 Å². The number of nitrogens with one attached hydrogen (secondary N) is 2. The van der Waals surface area contributed by atoms with E-state index >= 15 is 0 Å². The molecule has 0 atom stereocenters. The third-order valence-electron chi connectivity index (χ3n) is 3.62. The van der Waals surface area contributed by atoms with Crippen LogP contribution in [0.15, 0.2) is 30.3 Å². The van der Waals surface area contributed by atoms with E-state index in [1.165, 1.54) is 0 Å². The minimum atomic E-state index is -1.31. The number of amides is 4. The third-order valence-corrected chi connectivity index (χ3v) is 3.62. The molecular formula is C16H21N3O5. The first-order valence-electron chi connectivity index (χ1n) is 7.52. The molecule has 0 aliphatic carbocycles. The molecule has 24 heavy (non-hydrogen) atoms. The highest BCUT2D eigenvalue weighted by molar-refractivity contribution is 6.22. The molecule has 0 aromatic heterocycles. The van der Waals surface area contributed by atoms with E-state index in [0.717, 1.165) is 0 Å². The summed E-state index contributed by atoms with van der Waals surface area (Å²) in [6.45, 7) is 2.20. The van der Waals surface area contributed by atoms with Gasteiger partial charge in [0, 0.05) is 6.42 Å². The van der Waals surface area contributed by atoms with Crippen LogP contribution in [0.4, 0.5) is 4.79 Å². The summed E-state index contributed by atoms with van der Waals surface area (Å²) in [5, 5.41) is 12.3. The van der Waals surface area contributed by atoms with Crippen molar-refractivity contribution in [1.29, 1.82) is 0 Å². The van der Waals surface area contributed by atoms with Crippen molar-refractivity contribution in [2.45, 2.75) is 31.6 Å². The Bertz CT molecular complexity index is 595. The number of benzene rings is 1. The second kappa shape index (κ2) is 8.78. The molecule has 0 spiro atoms. The molecule has 0 saturated carbocycles. The van der Waals surface area contributed by atoms with Gasteiger partial charge < -0.3 is 10.8 Å². The van der Waals surface area contributed by atoms with Gasteiger partial charge in [0.15, 0.2) is 5.41 Å². The quantitative estimate of drug-likeness (QED) is 0.578. The lowest BCUT2D eigenvalue weighted by atomic mass is 9.75. The monoisotopic (exact) mass is 335 g/mol. The number of urea groups is 1. The number of carboxylic acid groups (broad SMARTS) is 1. The third kappa shape index (κ3) is 4.39. The molecule has 5 N–H and O–H groups in total. The van der Waals surface area contributed by atoms with Crippen molar-refractivity contribution in [3.63, 3.8) is 0 Å². The summed E-state index contributed by atoms with van der Waals surface area (Å²) in [4.78, 5) is 44.7. The molecular weight excluding hydrogens is 314 g/mol. The van der Waals surface area contributed by atoms with Gasteiger partial charge in [-0.05, 0) is 24.9 Å². The van der Waals surface area contributed by atoms with Crippen LogP contribution in [0.25, 0.3) is 0 Å². The van der Waals surface area contributed by atoms with Crippen LogP contribution in [0.2, 0.25) is 0 Å². The van der Waals surface area contributed by atoms with Crippen molar-refractivity contribution in [3.05, 3.63) is 35.9 Å². The highest BCUT2D eigenvalue weighted by atomic mass is 16.4. The first-order chi connectivity index (χ1) is 11.4. The number of barbiturate groups is 1. The number of carbonyl (C=O) groups is 4. The number of hydrogen-bond donors (Lipinski definition) is 4. The van der Waals surface area contributed by atoms with E-state index in [1.807, 2.05) is 0 Å². The summed E-state index contributed by atoms with van der Waals surface area (Å²) in [5.41, 5.74) is 4.29. The van der Waals surface area contributed by atoms with Gasteiger partial charge in [-0.25, -0.2) is 4.79 Å². The van der Waals surface area contributed by atoms with Gasteiger partial charge in [-0.1, -0.05) is 37.3 Å². The Labute approximate surface area is 139 Å². The largest absolute Gasteiger partial charge is 0.481 e. The first kappa shape index (κ1) is 19.3. The fourth-order valence-electron chi connectivity index (χ4n) is 2.32. The van der Waals surface area contributed by atoms with E-state index in [-0.39, 0.29) is 6.42 Å². The molecule has 1 aromatic carbocycles. The Morgan fingerprint density at radius 1 is 1.12 bits per heavy atom. The molecule has 1 fully saturated rings. The Kier molecular flexibility index (Phi) is 7.06. The molecule has 8 nitrogen and oxygen atoms in total. The van der Waals surface area contributed by atoms with Crippen LogP contribution >= 0.6 is 0 Å². The lowest BCUT2D eigenvalue weighted by Crippen LogP contribution is -2.64.